The van der Waals surface area contributed by atoms with Crippen LogP contribution in [-0.4, -0.2) is 41.2 Å². The first-order chi connectivity index (χ1) is 14.0. The molecule has 2 amide bonds. The molecule has 1 aromatic carbocycles. The van der Waals surface area contributed by atoms with Crippen LogP contribution in [0, 0.1) is 0 Å². The minimum absolute atomic E-state index is 0.0496. The molecule has 2 heterocycles. The van der Waals surface area contributed by atoms with Crippen LogP contribution in [0.4, 0.5) is 24.5 Å². The van der Waals surface area contributed by atoms with Gasteiger partial charge in [-0.3, -0.25) is 19.3 Å². The number of Topliss-reactive ketones (excluding diaryl/α,β-unsaturated/α-hetero) is 1. The van der Waals surface area contributed by atoms with Gasteiger partial charge in [0.25, 0.3) is 5.91 Å². The van der Waals surface area contributed by atoms with Crippen molar-refractivity contribution in [3.8, 4) is 0 Å². The van der Waals surface area contributed by atoms with Crippen molar-refractivity contribution in [1.29, 1.82) is 0 Å². The summed E-state index contributed by atoms with van der Waals surface area (Å²) in [6, 6.07) is 3.85. The van der Waals surface area contributed by atoms with Gasteiger partial charge >= 0.3 is 12.1 Å². The zero-order chi connectivity index (χ0) is 22.2. The second-order valence-corrected chi connectivity index (χ2v) is 6.61. The molecule has 1 unspecified atom stereocenters. The zero-order valence-corrected chi connectivity index (χ0v) is 15.8. The van der Waals surface area contributed by atoms with Gasteiger partial charge in [-0.1, -0.05) is 0 Å². The molecule has 0 aliphatic carbocycles. The molecule has 1 aliphatic heterocycles. The Bertz CT molecular complexity index is 1040. The number of fused-ring (bicyclic) bond motifs is 1. The Hall–Kier alpha value is -3.63. The van der Waals surface area contributed by atoms with Crippen LogP contribution in [0.15, 0.2) is 30.5 Å². The highest BCUT2D eigenvalue weighted by molar-refractivity contribution is 6.11. The number of hydrogen-bond donors (Lipinski definition) is 2. The number of esters is 1. The molecular weight excluding hydrogens is 407 g/mol. The molecule has 30 heavy (non-hydrogen) atoms. The number of ketones is 1. The number of nitrogens with one attached hydrogen (secondary N) is 2. The summed E-state index contributed by atoms with van der Waals surface area (Å²) < 4.78 is 43.8. The van der Waals surface area contributed by atoms with Gasteiger partial charge in [-0.05, 0) is 38.1 Å². The predicted molar refractivity (Wildman–Crippen MR) is 98.1 cm³/mol. The lowest BCUT2D eigenvalue weighted by Crippen LogP contribution is -2.47. The number of carbonyl (C=O) groups is 4. The van der Waals surface area contributed by atoms with E-state index in [1.165, 1.54) is 26.1 Å². The van der Waals surface area contributed by atoms with E-state index in [-0.39, 0.29) is 28.4 Å². The fourth-order valence-electron chi connectivity index (χ4n) is 2.87. The maximum absolute atomic E-state index is 12.9. The van der Waals surface area contributed by atoms with Gasteiger partial charge in [0, 0.05) is 11.8 Å². The van der Waals surface area contributed by atoms with Crippen LogP contribution < -0.4 is 10.2 Å². The Balaban J connectivity index is 1.80. The van der Waals surface area contributed by atoms with Crippen molar-refractivity contribution in [3.63, 3.8) is 0 Å². The number of anilines is 2. The molecule has 1 aromatic heterocycles. The van der Waals surface area contributed by atoms with Crippen LogP contribution in [0.25, 0.3) is 0 Å². The molecular formula is C19H16F3N3O5. The Labute approximate surface area is 168 Å². The van der Waals surface area contributed by atoms with Gasteiger partial charge in [0.15, 0.2) is 11.9 Å². The number of halogens is 3. The number of hydrogen-bond acceptors (Lipinski definition) is 5. The maximum Gasteiger partial charge on any atom is 0.416 e. The van der Waals surface area contributed by atoms with Crippen LogP contribution in [0.2, 0.25) is 0 Å². The minimum Gasteiger partial charge on any atom is -0.448 e. The van der Waals surface area contributed by atoms with Crippen LogP contribution in [0.1, 0.15) is 40.3 Å². The molecule has 2 N–H and O–H groups in total. The normalized spacial score (nSPS) is 14.6. The average molecular weight is 423 g/mol. The smallest absolute Gasteiger partial charge is 0.416 e. The van der Waals surface area contributed by atoms with Crippen molar-refractivity contribution >= 4 is 34.9 Å². The maximum atomic E-state index is 12.9. The molecule has 0 radical (unpaired) electrons. The Kier molecular flexibility index (Phi) is 5.38. The summed E-state index contributed by atoms with van der Waals surface area (Å²) in [5.41, 5.74) is -0.907. The standard InChI is InChI=1S/C19H16F3N3O5/c1-9(26)11-5-14(23-7-11)18(29)30-10(2)17(28)25-8-16(27)24-13-6-12(19(20,21)22)3-4-15(13)25/h3-7,10,23H,8H2,1-2H3,(H,24,27). The first-order valence-corrected chi connectivity index (χ1v) is 8.70. The minimum atomic E-state index is -4.62. The molecule has 1 aliphatic rings. The first kappa shape index (κ1) is 21.1. The second-order valence-electron chi connectivity index (χ2n) is 6.61. The van der Waals surface area contributed by atoms with Gasteiger partial charge in [-0.15, -0.1) is 0 Å². The molecule has 11 heteroatoms. The third-order valence-electron chi connectivity index (χ3n) is 4.40. The molecule has 0 bridgehead atoms. The number of rotatable bonds is 4. The van der Waals surface area contributed by atoms with Gasteiger partial charge in [0.05, 0.1) is 16.9 Å². The summed E-state index contributed by atoms with van der Waals surface area (Å²) in [5, 5.41) is 2.30. The number of H-pyrrole nitrogens is 1. The monoisotopic (exact) mass is 423 g/mol. The second kappa shape index (κ2) is 7.65. The fourth-order valence-corrected chi connectivity index (χ4v) is 2.87. The summed E-state index contributed by atoms with van der Waals surface area (Å²) >= 11 is 0. The van der Waals surface area contributed by atoms with Gasteiger partial charge in [-0.2, -0.15) is 13.2 Å². The Morgan fingerprint density at radius 3 is 2.50 bits per heavy atom. The van der Waals surface area contributed by atoms with Crippen LogP contribution in [0.3, 0.4) is 0 Å². The number of aromatic amines is 1. The number of amides is 2. The van der Waals surface area contributed by atoms with Crippen molar-refractivity contribution in [3.05, 3.63) is 47.3 Å². The van der Waals surface area contributed by atoms with Crippen LogP contribution >= 0.6 is 0 Å². The number of nitrogens with zero attached hydrogens (tertiary/aromatic N) is 1. The molecule has 2 aromatic rings. The summed E-state index contributed by atoms with van der Waals surface area (Å²) in [6.45, 7) is 2.13. The zero-order valence-electron chi connectivity index (χ0n) is 15.8. The van der Waals surface area contributed by atoms with E-state index in [1.807, 2.05) is 0 Å². The van der Waals surface area contributed by atoms with Gasteiger partial charge < -0.3 is 15.0 Å². The highest BCUT2D eigenvalue weighted by Crippen LogP contribution is 2.37. The van der Waals surface area contributed by atoms with E-state index in [1.54, 1.807) is 0 Å². The Morgan fingerprint density at radius 2 is 1.90 bits per heavy atom. The molecule has 1 atom stereocenters. The molecule has 0 fully saturated rings. The van der Waals surface area contributed by atoms with E-state index in [4.69, 9.17) is 4.74 Å². The predicted octanol–water partition coefficient (Wildman–Crippen LogP) is 2.77. The average Bonchev–Trinajstić information content (AvgIpc) is 3.16. The van der Waals surface area contributed by atoms with E-state index in [2.05, 4.69) is 10.3 Å². The Morgan fingerprint density at radius 1 is 1.20 bits per heavy atom. The molecule has 3 rings (SSSR count). The number of benzene rings is 1. The number of aromatic nitrogens is 1. The lowest BCUT2D eigenvalue weighted by Gasteiger charge is -2.31. The number of ether oxygens (including phenoxy) is 1. The summed E-state index contributed by atoms with van der Waals surface area (Å²) in [7, 11) is 0. The van der Waals surface area contributed by atoms with Crippen molar-refractivity contribution < 1.29 is 37.1 Å². The number of alkyl halides is 3. The van der Waals surface area contributed by atoms with E-state index >= 15 is 0 Å². The molecule has 0 saturated heterocycles. The van der Waals surface area contributed by atoms with Crippen molar-refractivity contribution in [1.82, 2.24) is 4.98 Å². The largest absolute Gasteiger partial charge is 0.448 e. The lowest BCUT2D eigenvalue weighted by molar-refractivity contribution is -0.137. The van der Waals surface area contributed by atoms with Gasteiger partial charge in [0.2, 0.25) is 5.91 Å². The topological polar surface area (TPSA) is 109 Å². The summed E-state index contributed by atoms with van der Waals surface area (Å²) in [4.78, 5) is 51.7. The highest BCUT2D eigenvalue weighted by Gasteiger charge is 2.35. The van der Waals surface area contributed by atoms with Crippen molar-refractivity contribution in [2.45, 2.75) is 26.1 Å². The van der Waals surface area contributed by atoms with E-state index in [0.717, 1.165) is 23.1 Å². The fraction of sp³-hybridized carbons (Fsp3) is 0.263. The third kappa shape index (κ3) is 4.19. The van der Waals surface area contributed by atoms with Crippen LogP contribution in [0.5, 0.6) is 0 Å². The lowest BCUT2D eigenvalue weighted by atomic mass is 10.1. The van der Waals surface area contributed by atoms with E-state index < -0.39 is 42.2 Å². The van der Waals surface area contributed by atoms with Crippen LogP contribution in [-0.2, 0) is 20.5 Å². The summed E-state index contributed by atoms with van der Waals surface area (Å²) in [5.74, 6) is -2.66. The quantitative estimate of drug-likeness (QED) is 0.581. The van der Waals surface area contributed by atoms with E-state index in [0.29, 0.717) is 0 Å². The SMILES string of the molecule is CC(=O)c1c[nH]c(C(=O)OC(C)C(=O)N2CC(=O)Nc3cc(C(F)(F)F)ccc32)c1. The highest BCUT2D eigenvalue weighted by atomic mass is 19.4. The van der Waals surface area contributed by atoms with Gasteiger partial charge in [-0.25, -0.2) is 4.79 Å². The van der Waals surface area contributed by atoms with E-state index in [9.17, 15) is 32.3 Å². The number of carbonyl (C=O) groups excluding carboxylic acids is 4. The summed E-state index contributed by atoms with van der Waals surface area (Å²) in [6.07, 6.45) is -4.65. The molecule has 8 nitrogen and oxygen atoms in total. The molecule has 0 saturated carbocycles. The first-order valence-electron chi connectivity index (χ1n) is 8.70. The van der Waals surface area contributed by atoms with Crippen molar-refractivity contribution in [2.75, 3.05) is 16.8 Å². The molecule has 0 spiro atoms. The molecule has 158 valence electrons. The third-order valence-corrected chi connectivity index (χ3v) is 4.40. The van der Waals surface area contributed by atoms with Crippen molar-refractivity contribution in [2.24, 2.45) is 0 Å². The van der Waals surface area contributed by atoms with Gasteiger partial charge in [0.1, 0.15) is 12.2 Å².